The van der Waals surface area contributed by atoms with Gasteiger partial charge in [-0.2, -0.15) is 5.10 Å². The second-order valence-corrected chi connectivity index (χ2v) is 9.12. The highest BCUT2D eigenvalue weighted by molar-refractivity contribution is 7.92. The van der Waals surface area contributed by atoms with Crippen LogP contribution in [0.3, 0.4) is 0 Å². The zero-order chi connectivity index (χ0) is 24.6. The van der Waals surface area contributed by atoms with Crippen molar-refractivity contribution in [2.75, 3.05) is 24.6 Å². The van der Waals surface area contributed by atoms with Crippen molar-refractivity contribution in [3.05, 3.63) is 83.9 Å². The van der Waals surface area contributed by atoms with E-state index in [1.807, 2.05) is 19.1 Å². The Morgan fingerprint density at radius 2 is 1.65 bits per heavy atom. The number of para-hydroxylation sites is 3. The smallest absolute Gasteiger partial charge is 0.264 e. The Balaban J connectivity index is 1.90. The molecule has 0 spiro atoms. The van der Waals surface area contributed by atoms with Crippen LogP contribution in [-0.2, 0) is 14.8 Å². The molecule has 0 atom stereocenters. The van der Waals surface area contributed by atoms with Crippen LogP contribution in [0, 0.1) is 6.92 Å². The molecule has 0 heterocycles. The minimum Gasteiger partial charge on any atom is -0.496 e. The van der Waals surface area contributed by atoms with Gasteiger partial charge in [0, 0.05) is 5.56 Å². The lowest BCUT2D eigenvalue weighted by atomic mass is 10.2. The SMILES string of the molecule is CCOc1ccccc1N(CC(=O)N/N=C\c1ccccc1OC)S(=O)(=O)c1ccc(C)cc1. The number of methoxy groups -OCH3 is 1. The summed E-state index contributed by atoms with van der Waals surface area (Å²) in [7, 11) is -2.54. The maximum absolute atomic E-state index is 13.6. The molecule has 178 valence electrons. The van der Waals surface area contributed by atoms with Crippen LogP contribution < -0.4 is 19.2 Å². The maximum Gasteiger partial charge on any atom is 0.264 e. The van der Waals surface area contributed by atoms with Crippen molar-refractivity contribution in [3.8, 4) is 11.5 Å². The number of nitrogens with one attached hydrogen (secondary N) is 1. The number of anilines is 1. The van der Waals surface area contributed by atoms with E-state index in [1.54, 1.807) is 55.5 Å². The first-order chi connectivity index (χ1) is 16.4. The summed E-state index contributed by atoms with van der Waals surface area (Å²) < 4.78 is 39.0. The van der Waals surface area contributed by atoms with Gasteiger partial charge in [-0.05, 0) is 50.2 Å². The van der Waals surface area contributed by atoms with Gasteiger partial charge in [0.25, 0.3) is 15.9 Å². The molecule has 1 amide bonds. The lowest BCUT2D eigenvalue weighted by Crippen LogP contribution is -2.39. The summed E-state index contributed by atoms with van der Waals surface area (Å²) in [5.74, 6) is 0.328. The molecule has 0 bridgehead atoms. The van der Waals surface area contributed by atoms with Crippen LogP contribution in [0.2, 0.25) is 0 Å². The Bertz CT molecular complexity index is 1260. The fourth-order valence-electron chi connectivity index (χ4n) is 3.19. The highest BCUT2D eigenvalue weighted by atomic mass is 32.2. The average molecular weight is 482 g/mol. The molecule has 3 aromatic rings. The number of nitrogens with zero attached hydrogens (tertiary/aromatic N) is 2. The second-order valence-electron chi connectivity index (χ2n) is 7.26. The Morgan fingerprint density at radius 1 is 1.00 bits per heavy atom. The summed E-state index contributed by atoms with van der Waals surface area (Å²) in [5, 5.41) is 3.96. The van der Waals surface area contributed by atoms with Crippen LogP contribution in [0.15, 0.2) is 82.8 Å². The van der Waals surface area contributed by atoms with E-state index in [9.17, 15) is 13.2 Å². The zero-order valence-corrected chi connectivity index (χ0v) is 20.1. The summed E-state index contributed by atoms with van der Waals surface area (Å²) in [6, 6.07) is 20.3. The zero-order valence-electron chi connectivity index (χ0n) is 19.3. The predicted molar refractivity (Wildman–Crippen MR) is 132 cm³/mol. The predicted octanol–water partition coefficient (Wildman–Crippen LogP) is 3.75. The molecule has 0 unspecified atom stereocenters. The number of ether oxygens (including phenoxy) is 2. The summed E-state index contributed by atoms with van der Waals surface area (Å²) in [5.41, 5.74) is 4.24. The largest absolute Gasteiger partial charge is 0.496 e. The summed E-state index contributed by atoms with van der Waals surface area (Å²) in [4.78, 5) is 12.8. The first-order valence-electron chi connectivity index (χ1n) is 10.6. The van der Waals surface area contributed by atoms with Crippen molar-refractivity contribution in [2.24, 2.45) is 5.10 Å². The Morgan fingerprint density at radius 3 is 2.32 bits per heavy atom. The van der Waals surface area contributed by atoms with Gasteiger partial charge in [0.15, 0.2) is 0 Å². The van der Waals surface area contributed by atoms with Crippen molar-refractivity contribution in [1.29, 1.82) is 0 Å². The number of carbonyl (C=O) groups excluding carboxylic acids is 1. The number of hydrogen-bond acceptors (Lipinski definition) is 6. The van der Waals surface area contributed by atoms with E-state index in [-0.39, 0.29) is 10.6 Å². The second kappa shape index (κ2) is 11.3. The molecule has 0 aliphatic heterocycles. The van der Waals surface area contributed by atoms with Crippen LogP contribution >= 0.6 is 0 Å². The Labute approximate surface area is 199 Å². The van der Waals surface area contributed by atoms with E-state index in [4.69, 9.17) is 9.47 Å². The molecule has 0 saturated heterocycles. The van der Waals surface area contributed by atoms with Crippen LogP contribution in [0.1, 0.15) is 18.1 Å². The third-order valence-electron chi connectivity index (χ3n) is 4.86. The summed E-state index contributed by atoms with van der Waals surface area (Å²) >= 11 is 0. The number of hydrogen-bond donors (Lipinski definition) is 1. The van der Waals surface area contributed by atoms with Crippen molar-refractivity contribution in [2.45, 2.75) is 18.7 Å². The minimum absolute atomic E-state index is 0.0646. The normalized spacial score (nSPS) is 11.3. The van der Waals surface area contributed by atoms with Gasteiger partial charge < -0.3 is 9.47 Å². The molecule has 0 saturated carbocycles. The number of aryl methyl sites for hydroxylation is 1. The first-order valence-corrected chi connectivity index (χ1v) is 12.1. The molecule has 1 N–H and O–H groups in total. The van der Waals surface area contributed by atoms with E-state index < -0.39 is 22.5 Å². The number of rotatable bonds is 10. The van der Waals surface area contributed by atoms with Gasteiger partial charge >= 0.3 is 0 Å². The van der Waals surface area contributed by atoms with Crippen LogP contribution in [0.5, 0.6) is 11.5 Å². The minimum atomic E-state index is -4.07. The van der Waals surface area contributed by atoms with Crippen molar-refractivity contribution in [3.63, 3.8) is 0 Å². The quantitative estimate of drug-likeness (QED) is 0.351. The van der Waals surface area contributed by atoms with Crippen molar-refractivity contribution >= 4 is 27.8 Å². The van der Waals surface area contributed by atoms with Crippen LogP contribution in [-0.4, -0.2) is 40.8 Å². The Hall–Kier alpha value is -3.85. The lowest BCUT2D eigenvalue weighted by molar-refractivity contribution is -0.119. The third kappa shape index (κ3) is 5.93. The molecule has 0 aliphatic carbocycles. The molecule has 3 rings (SSSR count). The molecular formula is C25H27N3O5S. The van der Waals surface area contributed by atoms with Gasteiger partial charge in [-0.1, -0.05) is 42.0 Å². The highest BCUT2D eigenvalue weighted by Crippen LogP contribution is 2.32. The molecule has 0 aliphatic rings. The standard InChI is InChI=1S/C25H27N3O5S/c1-4-33-24-12-8-6-10-22(24)28(34(30,31)21-15-13-19(2)14-16-21)18-25(29)27-26-17-20-9-5-7-11-23(20)32-3/h5-17H,4,18H2,1-3H3,(H,27,29)/b26-17-. The summed E-state index contributed by atoms with van der Waals surface area (Å²) in [6.45, 7) is 3.51. The molecule has 0 aromatic heterocycles. The molecular weight excluding hydrogens is 454 g/mol. The maximum atomic E-state index is 13.6. The molecule has 0 fully saturated rings. The fourth-order valence-corrected chi connectivity index (χ4v) is 4.62. The number of benzene rings is 3. The van der Waals surface area contributed by atoms with Gasteiger partial charge in [0.2, 0.25) is 0 Å². The Kier molecular flexibility index (Phi) is 8.26. The first kappa shape index (κ1) is 24.8. The van der Waals surface area contributed by atoms with Gasteiger partial charge in [-0.3, -0.25) is 9.10 Å². The van der Waals surface area contributed by atoms with E-state index in [2.05, 4.69) is 10.5 Å². The van der Waals surface area contributed by atoms with Crippen LogP contribution in [0.25, 0.3) is 0 Å². The van der Waals surface area contributed by atoms with Crippen molar-refractivity contribution < 1.29 is 22.7 Å². The lowest BCUT2D eigenvalue weighted by Gasteiger charge is -2.25. The van der Waals surface area contributed by atoms with E-state index in [0.717, 1.165) is 9.87 Å². The number of sulfonamides is 1. The topological polar surface area (TPSA) is 97.3 Å². The summed E-state index contributed by atoms with van der Waals surface area (Å²) in [6.07, 6.45) is 1.43. The van der Waals surface area contributed by atoms with Gasteiger partial charge in [-0.25, -0.2) is 13.8 Å². The number of hydrazone groups is 1. The van der Waals surface area contributed by atoms with E-state index >= 15 is 0 Å². The van der Waals surface area contributed by atoms with Crippen LogP contribution in [0.4, 0.5) is 5.69 Å². The van der Waals surface area contributed by atoms with Gasteiger partial charge in [0.1, 0.15) is 18.0 Å². The number of carbonyl (C=O) groups is 1. The molecule has 0 radical (unpaired) electrons. The van der Waals surface area contributed by atoms with Gasteiger partial charge in [-0.15, -0.1) is 0 Å². The van der Waals surface area contributed by atoms with Gasteiger partial charge in [0.05, 0.1) is 30.5 Å². The number of amides is 1. The molecule has 9 heteroatoms. The monoisotopic (exact) mass is 481 g/mol. The van der Waals surface area contributed by atoms with Crippen molar-refractivity contribution in [1.82, 2.24) is 5.43 Å². The molecule has 3 aromatic carbocycles. The molecule has 8 nitrogen and oxygen atoms in total. The van der Waals surface area contributed by atoms with E-state index in [0.29, 0.717) is 23.7 Å². The fraction of sp³-hybridized carbons (Fsp3) is 0.200. The van der Waals surface area contributed by atoms with E-state index in [1.165, 1.54) is 25.5 Å². The molecule has 34 heavy (non-hydrogen) atoms. The third-order valence-corrected chi connectivity index (χ3v) is 6.64. The highest BCUT2D eigenvalue weighted by Gasteiger charge is 2.29. The average Bonchev–Trinajstić information content (AvgIpc) is 2.84.